The van der Waals surface area contributed by atoms with E-state index in [0.717, 1.165) is 11.3 Å². The highest BCUT2D eigenvalue weighted by molar-refractivity contribution is 6.31. The molecule has 0 aliphatic carbocycles. The van der Waals surface area contributed by atoms with Crippen molar-refractivity contribution in [3.05, 3.63) is 50.9 Å². The number of methoxy groups -OCH3 is 1. The molecule has 22 heavy (non-hydrogen) atoms. The van der Waals surface area contributed by atoms with Crippen LogP contribution in [0.15, 0.2) is 29.1 Å². The van der Waals surface area contributed by atoms with Gasteiger partial charge in [-0.05, 0) is 19.1 Å². The van der Waals surface area contributed by atoms with Crippen LogP contribution < -0.4 is 21.6 Å². The summed E-state index contributed by atoms with van der Waals surface area (Å²) < 4.78 is 4.96. The normalized spacial score (nSPS) is 11.5. The molecule has 5 N–H and O–H groups in total. The van der Waals surface area contributed by atoms with Gasteiger partial charge in [-0.1, -0.05) is 17.7 Å². The lowest BCUT2D eigenvalue weighted by atomic mass is 10.2. The average Bonchev–Trinajstić information content (AvgIpc) is 2.43. The van der Waals surface area contributed by atoms with Crippen LogP contribution in [0.25, 0.3) is 0 Å². The predicted octanol–water partition coefficient (Wildman–Crippen LogP) is 0.0170. The molecule has 1 aromatic heterocycles. The summed E-state index contributed by atoms with van der Waals surface area (Å²) in [4.78, 5) is 21.1. The standard InChI is InChI=1S/C14H16ClN5O2/c1-8-10(15)4-3-5-11(8)18-13(16)20-14-17-9(7-22-2)6-12(21)19-14/h3-6H,7H2,1-2H3,(H4,16,17,18,19,20,21)/p+1. The van der Waals surface area contributed by atoms with Gasteiger partial charge in [0.15, 0.2) is 0 Å². The molecule has 2 rings (SSSR count). The highest BCUT2D eigenvalue weighted by Crippen LogP contribution is 2.22. The van der Waals surface area contributed by atoms with Crippen molar-refractivity contribution in [2.24, 2.45) is 5.73 Å². The first-order valence-corrected chi connectivity index (χ1v) is 6.88. The summed E-state index contributed by atoms with van der Waals surface area (Å²) >= 11 is 6.05. The van der Waals surface area contributed by atoms with Crippen molar-refractivity contribution in [3.8, 4) is 0 Å². The second kappa shape index (κ2) is 7.06. The Bertz CT molecular complexity index is 757. The molecule has 0 bridgehead atoms. The van der Waals surface area contributed by atoms with E-state index in [0.29, 0.717) is 10.7 Å². The molecule has 0 saturated carbocycles. The smallest absolute Gasteiger partial charge is 0.325 e. The average molecular weight is 323 g/mol. The lowest BCUT2D eigenvalue weighted by Gasteiger charge is -2.06. The molecule has 0 amide bonds. The Kier molecular flexibility index (Phi) is 5.13. The number of rotatable bonds is 4. The Morgan fingerprint density at radius 1 is 1.55 bits per heavy atom. The number of H-pyrrole nitrogens is 1. The molecule has 0 aliphatic rings. The zero-order valence-corrected chi connectivity index (χ0v) is 13.0. The van der Waals surface area contributed by atoms with E-state index in [-0.39, 0.29) is 24.1 Å². The van der Waals surface area contributed by atoms with Gasteiger partial charge in [-0.15, -0.1) is 4.98 Å². The number of anilines is 1. The van der Waals surface area contributed by atoms with Crippen molar-refractivity contribution in [2.75, 3.05) is 12.4 Å². The van der Waals surface area contributed by atoms with E-state index in [1.54, 1.807) is 6.07 Å². The number of nitrogens with zero attached hydrogens (tertiary/aromatic N) is 1. The lowest BCUT2D eigenvalue weighted by molar-refractivity contribution is -0.365. The number of hydrogen-bond acceptors (Lipinski definition) is 3. The predicted molar refractivity (Wildman–Crippen MR) is 85.2 cm³/mol. The SMILES string of the molecule is COCc1cc(=O)[nH]c([NH+]=C(N)Nc2cccc(Cl)c2C)n1. The third-order valence-corrected chi connectivity index (χ3v) is 3.29. The fourth-order valence-corrected chi connectivity index (χ4v) is 2.01. The summed E-state index contributed by atoms with van der Waals surface area (Å²) in [6, 6.07) is 6.80. The second-order valence-corrected chi connectivity index (χ2v) is 5.00. The van der Waals surface area contributed by atoms with E-state index < -0.39 is 0 Å². The zero-order valence-electron chi connectivity index (χ0n) is 12.2. The highest BCUT2D eigenvalue weighted by Gasteiger charge is 2.08. The highest BCUT2D eigenvalue weighted by atomic mass is 35.5. The number of aromatic nitrogens is 2. The van der Waals surface area contributed by atoms with Gasteiger partial charge in [0, 0.05) is 23.8 Å². The van der Waals surface area contributed by atoms with Gasteiger partial charge in [0.05, 0.1) is 12.3 Å². The molecule has 0 saturated heterocycles. The van der Waals surface area contributed by atoms with Crippen LogP contribution in [0.3, 0.4) is 0 Å². The van der Waals surface area contributed by atoms with Crippen LogP contribution >= 0.6 is 11.6 Å². The number of hydrogen-bond donors (Lipinski definition) is 4. The Labute approximate surface area is 132 Å². The third-order valence-electron chi connectivity index (χ3n) is 2.88. The summed E-state index contributed by atoms with van der Waals surface area (Å²) in [5.41, 5.74) is 7.72. The maximum Gasteiger partial charge on any atom is 0.325 e. The largest absolute Gasteiger partial charge is 0.377 e. The van der Waals surface area contributed by atoms with Gasteiger partial charge in [-0.3, -0.25) is 10.1 Å². The summed E-state index contributed by atoms with van der Waals surface area (Å²) in [7, 11) is 1.53. The number of benzene rings is 1. The van der Waals surface area contributed by atoms with E-state index in [1.807, 2.05) is 19.1 Å². The Morgan fingerprint density at radius 3 is 3.05 bits per heavy atom. The van der Waals surface area contributed by atoms with Gasteiger partial charge in [-0.25, -0.2) is 9.98 Å². The quantitative estimate of drug-likeness (QED) is 0.469. The lowest BCUT2D eigenvalue weighted by Crippen LogP contribution is -2.73. The Hall–Kier alpha value is -2.38. The molecule has 7 nitrogen and oxygen atoms in total. The van der Waals surface area contributed by atoms with E-state index in [2.05, 4.69) is 20.3 Å². The fraction of sp³-hybridized carbons (Fsp3) is 0.214. The van der Waals surface area contributed by atoms with Crippen LogP contribution in [0.5, 0.6) is 0 Å². The molecular formula is C14H17ClN5O2+. The monoisotopic (exact) mass is 322 g/mol. The van der Waals surface area contributed by atoms with Gasteiger partial charge in [-0.2, -0.15) is 0 Å². The molecule has 0 fully saturated rings. The van der Waals surface area contributed by atoms with Crippen LogP contribution in [-0.4, -0.2) is 23.0 Å². The van der Waals surface area contributed by atoms with E-state index in [4.69, 9.17) is 22.1 Å². The number of halogens is 1. The topological polar surface area (TPSA) is 107 Å². The maximum absolute atomic E-state index is 11.5. The van der Waals surface area contributed by atoms with Crippen molar-refractivity contribution in [2.45, 2.75) is 13.5 Å². The molecule has 8 heteroatoms. The summed E-state index contributed by atoms with van der Waals surface area (Å²) in [6.07, 6.45) is 0. The molecule has 1 aromatic carbocycles. The number of nitrogens with one attached hydrogen (secondary N) is 3. The summed E-state index contributed by atoms with van der Waals surface area (Å²) in [5.74, 6) is 0.437. The summed E-state index contributed by atoms with van der Waals surface area (Å²) in [6.45, 7) is 2.11. The Balaban J connectivity index is 2.25. The van der Waals surface area contributed by atoms with Crippen molar-refractivity contribution < 1.29 is 9.73 Å². The van der Waals surface area contributed by atoms with Gasteiger partial charge >= 0.3 is 5.95 Å². The van der Waals surface area contributed by atoms with Gasteiger partial charge in [0.2, 0.25) is 0 Å². The minimum absolute atomic E-state index is 0.211. The minimum Gasteiger partial charge on any atom is -0.377 e. The zero-order chi connectivity index (χ0) is 16.1. The second-order valence-electron chi connectivity index (χ2n) is 4.59. The van der Waals surface area contributed by atoms with E-state index in [9.17, 15) is 4.79 Å². The fourth-order valence-electron chi connectivity index (χ4n) is 1.84. The summed E-state index contributed by atoms with van der Waals surface area (Å²) in [5, 5.41) is 3.61. The van der Waals surface area contributed by atoms with Crippen molar-refractivity contribution in [3.63, 3.8) is 0 Å². The third kappa shape index (κ3) is 4.06. The molecule has 0 spiro atoms. The first-order valence-electron chi connectivity index (χ1n) is 6.50. The van der Waals surface area contributed by atoms with Crippen LogP contribution in [0.4, 0.5) is 11.6 Å². The van der Waals surface area contributed by atoms with Crippen molar-refractivity contribution in [1.29, 1.82) is 0 Å². The van der Waals surface area contributed by atoms with Gasteiger partial charge < -0.3 is 10.5 Å². The van der Waals surface area contributed by atoms with E-state index >= 15 is 0 Å². The van der Waals surface area contributed by atoms with Gasteiger partial charge in [0.1, 0.15) is 5.69 Å². The number of ether oxygens (including phenoxy) is 1. The molecular weight excluding hydrogens is 306 g/mol. The molecule has 116 valence electrons. The molecule has 0 unspecified atom stereocenters. The molecule has 2 aromatic rings. The van der Waals surface area contributed by atoms with Crippen LogP contribution in [-0.2, 0) is 11.3 Å². The molecule has 0 atom stereocenters. The van der Waals surface area contributed by atoms with Crippen molar-refractivity contribution >= 4 is 29.2 Å². The maximum atomic E-state index is 11.5. The van der Waals surface area contributed by atoms with Crippen LogP contribution in [0, 0.1) is 6.92 Å². The first kappa shape index (κ1) is 16.0. The molecule has 0 aliphatic heterocycles. The minimum atomic E-state index is -0.295. The number of nitrogens with two attached hydrogens (primary N) is 1. The number of aromatic amines is 1. The molecule has 1 heterocycles. The van der Waals surface area contributed by atoms with Crippen LogP contribution in [0.1, 0.15) is 11.3 Å². The Morgan fingerprint density at radius 2 is 2.32 bits per heavy atom. The number of guanidine groups is 1. The van der Waals surface area contributed by atoms with Crippen LogP contribution in [0.2, 0.25) is 5.02 Å². The van der Waals surface area contributed by atoms with Gasteiger partial charge in [0.25, 0.3) is 11.5 Å². The van der Waals surface area contributed by atoms with Crippen molar-refractivity contribution in [1.82, 2.24) is 9.97 Å². The molecule has 0 radical (unpaired) electrons. The van der Waals surface area contributed by atoms with E-state index in [1.165, 1.54) is 13.2 Å². The first-order chi connectivity index (χ1) is 10.5.